The van der Waals surface area contributed by atoms with Crippen molar-refractivity contribution in [3.63, 3.8) is 0 Å². The Morgan fingerprint density at radius 3 is 3.00 bits per heavy atom. The Morgan fingerprint density at radius 1 is 1.78 bits per heavy atom. The zero-order valence-electron chi connectivity index (χ0n) is 5.52. The molecule has 0 aromatic heterocycles. The molecule has 1 N–H and O–H groups in total. The number of nitrogens with one attached hydrogen (secondary N) is 1. The molecule has 0 radical (unpaired) electrons. The van der Waals surface area contributed by atoms with Gasteiger partial charge in [0, 0.05) is 20.1 Å². The van der Waals surface area contributed by atoms with E-state index in [2.05, 4.69) is 5.32 Å². The van der Waals surface area contributed by atoms with Crippen LogP contribution in [-0.4, -0.2) is 25.7 Å². The molecule has 1 unspecified atom stereocenters. The fraction of sp³-hybridized carbons (Fsp3) is 0.833. The number of hydrogen-bond donors (Lipinski definition) is 1. The minimum Gasteiger partial charge on any atom is -0.380 e. The highest BCUT2D eigenvalue weighted by atomic mass is 16.5. The molecule has 0 aromatic carbocycles. The Labute approximate surface area is 54.4 Å². The van der Waals surface area contributed by atoms with Gasteiger partial charge in [0.15, 0.2) is 0 Å². The maximum Gasteiger partial charge on any atom is 0.220 e. The molecule has 1 rings (SSSR count). The van der Waals surface area contributed by atoms with Crippen LogP contribution in [-0.2, 0) is 9.53 Å². The van der Waals surface area contributed by atoms with Crippen molar-refractivity contribution in [1.29, 1.82) is 0 Å². The first-order chi connectivity index (χ1) is 4.33. The Kier molecular flexibility index (Phi) is 2.05. The van der Waals surface area contributed by atoms with E-state index in [-0.39, 0.29) is 12.0 Å². The van der Waals surface area contributed by atoms with Crippen molar-refractivity contribution in [2.45, 2.75) is 18.9 Å². The Balaban J connectivity index is 2.26. The number of piperidine rings is 1. The van der Waals surface area contributed by atoms with Crippen molar-refractivity contribution in [2.75, 3.05) is 13.7 Å². The predicted octanol–water partition coefficient (Wildman–Crippen LogP) is -0.0886. The molecule has 0 spiro atoms. The standard InChI is InChI=1S/C6H11NO2/c1-9-5-2-3-6(8)7-4-5/h5H,2-4H2,1H3,(H,7,8). The second kappa shape index (κ2) is 2.82. The SMILES string of the molecule is COC1CCC(=O)NC1. The van der Waals surface area contributed by atoms with Gasteiger partial charge in [-0.2, -0.15) is 0 Å². The molecule has 1 aliphatic heterocycles. The van der Waals surface area contributed by atoms with Crippen LogP contribution in [0.2, 0.25) is 0 Å². The third-order valence-corrected chi connectivity index (χ3v) is 1.55. The van der Waals surface area contributed by atoms with Gasteiger partial charge < -0.3 is 10.1 Å². The van der Waals surface area contributed by atoms with E-state index < -0.39 is 0 Å². The second-order valence-corrected chi connectivity index (χ2v) is 2.20. The van der Waals surface area contributed by atoms with Gasteiger partial charge in [-0.1, -0.05) is 0 Å². The highest BCUT2D eigenvalue weighted by molar-refractivity contribution is 5.76. The van der Waals surface area contributed by atoms with Gasteiger partial charge in [0.05, 0.1) is 6.10 Å². The van der Waals surface area contributed by atoms with Gasteiger partial charge in [0.25, 0.3) is 0 Å². The molecule has 1 saturated heterocycles. The predicted molar refractivity (Wildman–Crippen MR) is 33.0 cm³/mol. The summed E-state index contributed by atoms with van der Waals surface area (Å²) >= 11 is 0. The van der Waals surface area contributed by atoms with Gasteiger partial charge in [-0.05, 0) is 6.42 Å². The van der Waals surface area contributed by atoms with Crippen molar-refractivity contribution >= 4 is 5.91 Å². The number of carbonyl (C=O) groups excluding carboxylic acids is 1. The molecular formula is C6H11NO2. The molecule has 1 atom stereocenters. The van der Waals surface area contributed by atoms with Gasteiger partial charge in [-0.15, -0.1) is 0 Å². The summed E-state index contributed by atoms with van der Waals surface area (Å²) in [7, 11) is 1.67. The molecule has 0 aliphatic carbocycles. The number of hydrogen-bond acceptors (Lipinski definition) is 2. The Bertz CT molecular complexity index is 104. The summed E-state index contributed by atoms with van der Waals surface area (Å²) in [6.07, 6.45) is 1.71. The topological polar surface area (TPSA) is 38.3 Å². The van der Waals surface area contributed by atoms with Crippen LogP contribution < -0.4 is 5.32 Å². The average molecular weight is 129 g/mol. The van der Waals surface area contributed by atoms with Crippen molar-refractivity contribution < 1.29 is 9.53 Å². The Hall–Kier alpha value is -0.570. The van der Waals surface area contributed by atoms with E-state index in [1.54, 1.807) is 7.11 Å². The van der Waals surface area contributed by atoms with Crippen LogP contribution in [0.15, 0.2) is 0 Å². The van der Waals surface area contributed by atoms with Crippen molar-refractivity contribution in [1.82, 2.24) is 5.32 Å². The third kappa shape index (κ3) is 1.68. The monoisotopic (exact) mass is 129 g/mol. The van der Waals surface area contributed by atoms with E-state index in [1.807, 2.05) is 0 Å². The van der Waals surface area contributed by atoms with Crippen molar-refractivity contribution in [2.24, 2.45) is 0 Å². The fourth-order valence-electron chi connectivity index (χ4n) is 0.911. The molecule has 3 nitrogen and oxygen atoms in total. The number of ether oxygens (including phenoxy) is 1. The molecule has 9 heavy (non-hydrogen) atoms. The normalized spacial score (nSPS) is 27.7. The first kappa shape index (κ1) is 6.55. The summed E-state index contributed by atoms with van der Waals surface area (Å²) in [6.45, 7) is 0.676. The second-order valence-electron chi connectivity index (χ2n) is 2.20. The quantitative estimate of drug-likeness (QED) is 0.537. The lowest BCUT2D eigenvalue weighted by Crippen LogP contribution is -2.38. The summed E-state index contributed by atoms with van der Waals surface area (Å²) < 4.78 is 5.02. The van der Waals surface area contributed by atoms with E-state index >= 15 is 0 Å². The first-order valence-corrected chi connectivity index (χ1v) is 3.12. The smallest absolute Gasteiger partial charge is 0.220 e. The summed E-state index contributed by atoms with van der Waals surface area (Å²) in [5, 5.41) is 2.72. The zero-order chi connectivity index (χ0) is 6.69. The van der Waals surface area contributed by atoms with Crippen molar-refractivity contribution in [3.05, 3.63) is 0 Å². The van der Waals surface area contributed by atoms with Gasteiger partial charge in [0.2, 0.25) is 5.91 Å². The van der Waals surface area contributed by atoms with E-state index in [0.717, 1.165) is 6.42 Å². The number of amides is 1. The molecule has 1 fully saturated rings. The van der Waals surface area contributed by atoms with Crippen LogP contribution in [0.25, 0.3) is 0 Å². The number of rotatable bonds is 1. The number of methoxy groups -OCH3 is 1. The highest BCUT2D eigenvalue weighted by Crippen LogP contribution is 2.04. The van der Waals surface area contributed by atoms with Crippen LogP contribution in [0, 0.1) is 0 Å². The average Bonchev–Trinajstić information content (AvgIpc) is 1.90. The molecule has 1 aliphatic rings. The lowest BCUT2D eigenvalue weighted by Gasteiger charge is -2.20. The van der Waals surface area contributed by atoms with Gasteiger partial charge in [-0.25, -0.2) is 0 Å². The molecule has 0 bridgehead atoms. The summed E-state index contributed by atoms with van der Waals surface area (Å²) in [5.41, 5.74) is 0. The molecular weight excluding hydrogens is 118 g/mol. The minimum atomic E-state index is 0.142. The van der Waals surface area contributed by atoms with E-state index in [4.69, 9.17) is 4.74 Å². The van der Waals surface area contributed by atoms with Crippen molar-refractivity contribution in [3.8, 4) is 0 Å². The third-order valence-electron chi connectivity index (χ3n) is 1.55. The van der Waals surface area contributed by atoms with Gasteiger partial charge in [-0.3, -0.25) is 4.79 Å². The van der Waals surface area contributed by atoms with Crippen LogP contribution in [0.5, 0.6) is 0 Å². The van der Waals surface area contributed by atoms with Crippen LogP contribution in [0.1, 0.15) is 12.8 Å². The van der Waals surface area contributed by atoms with Gasteiger partial charge >= 0.3 is 0 Å². The summed E-state index contributed by atoms with van der Waals surface area (Å²) in [4.78, 5) is 10.6. The lowest BCUT2D eigenvalue weighted by molar-refractivity contribution is -0.124. The summed E-state index contributed by atoms with van der Waals surface area (Å²) in [6, 6.07) is 0. The maximum atomic E-state index is 10.6. The first-order valence-electron chi connectivity index (χ1n) is 3.12. The minimum absolute atomic E-state index is 0.142. The summed E-state index contributed by atoms with van der Waals surface area (Å²) in [5.74, 6) is 0.142. The molecule has 1 heterocycles. The number of carbonyl (C=O) groups is 1. The lowest BCUT2D eigenvalue weighted by atomic mass is 10.1. The molecule has 1 amide bonds. The maximum absolute atomic E-state index is 10.6. The Morgan fingerprint density at radius 2 is 2.56 bits per heavy atom. The zero-order valence-corrected chi connectivity index (χ0v) is 5.52. The van der Waals surface area contributed by atoms with Crippen LogP contribution >= 0.6 is 0 Å². The molecule has 0 saturated carbocycles. The highest BCUT2D eigenvalue weighted by Gasteiger charge is 2.16. The van der Waals surface area contributed by atoms with E-state index in [9.17, 15) is 4.79 Å². The van der Waals surface area contributed by atoms with E-state index in [0.29, 0.717) is 13.0 Å². The molecule has 0 aromatic rings. The van der Waals surface area contributed by atoms with Crippen LogP contribution in [0.4, 0.5) is 0 Å². The van der Waals surface area contributed by atoms with Crippen LogP contribution in [0.3, 0.4) is 0 Å². The van der Waals surface area contributed by atoms with Gasteiger partial charge in [0.1, 0.15) is 0 Å². The molecule has 3 heteroatoms. The molecule has 52 valence electrons. The van der Waals surface area contributed by atoms with E-state index in [1.165, 1.54) is 0 Å². The fourth-order valence-corrected chi connectivity index (χ4v) is 0.911. The largest absolute Gasteiger partial charge is 0.380 e.